The van der Waals surface area contributed by atoms with E-state index in [1.807, 2.05) is 36.9 Å². The molecule has 2 amide bonds. The number of nitrogens with zero attached hydrogens (tertiary/aromatic N) is 1. The second-order valence-corrected chi connectivity index (χ2v) is 7.77. The zero-order chi connectivity index (χ0) is 17.3. The summed E-state index contributed by atoms with van der Waals surface area (Å²) in [5.74, 6) is 0.413. The first-order valence-corrected chi connectivity index (χ1v) is 9.04. The van der Waals surface area contributed by atoms with Crippen LogP contribution in [0.4, 0.5) is 0 Å². The Balaban J connectivity index is 1.50. The Kier molecular flexibility index (Phi) is 4.66. The minimum Gasteiger partial charge on any atom is -0.353 e. The van der Waals surface area contributed by atoms with Crippen molar-refractivity contribution < 1.29 is 9.59 Å². The summed E-state index contributed by atoms with van der Waals surface area (Å²) in [6.45, 7) is 7.55. The van der Waals surface area contributed by atoms with Crippen molar-refractivity contribution in [1.29, 1.82) is 0 Å². The summed E-state index contributed by atoms with van der Waals surface area (Å²) in [6.07, 6.45) is 3.59. The zero-order valence-corrected chi connectivity index (χ0v) is 15.0. The van der Waals surface area contributed by atoms with Crippen molar-refractivity contribution in [3.05, 3.63) is 35.4 Å². The van der Waals surface area contributed by atoms with Crippen LogP contribution in [0.5, 0.6) is 0 Å². The smallest absolute Gasteiger partial charge is 0.226 e. The van der Waals surface area contributed by atoms with Crippen LogP contribution >= 0.6 is 0 Å². The summed E-state index contributed by atoms with van der Waals surface area (Å²) >= 11 is 0. The first kappa shape index (κ1) is 17.0. The molecule has 0 radical (unpaired) electrons. The standard InChI is InChI=1S/C20H28N2O2/c1-14(2)19(24)21-17-13-20(17)8-10-22(11-9-20)18(23)12-16-7-5-4-6-15(16)3/h4-7,14,17H,8-13H2,1-3H3,(H,21,24). The molecule has 3 rings (SSSR count). The number of nitrogens with one attached hydrogen (secondary N) is 1. The number of rotatable bonds is 4. The van der Waals surface area contributed by atoms with Gasteiger partial charge in [0.1, 0.15) is 0 Å². The third-order valence-corrected chi connectivity index (χ3v) is 5.75. The highest BCUT2D eigenvalue weighted by atomic mass is 16.2. The van der Waals surface area contributed by atoms with Crippen molar-refractivity contribution in [3.8, 4) is 0 Å². The highest BCUT2D eigenvalue weighted by Gasteiger charge is 2.55. The van der Waals surface area contributed by atoms with E-state index in [1.54, 1.807) is 0 Å². The van der Waals surface area contributed by atoms with E-state index < -0.39 is 0 Å². The summed E-state index contributed by atoms with van der Waals surface area (Å²) < 4.78 is 0. The maximum Gasteiger partial charge on any atom is 0.226 e. The van der Waals surface area contributed by atoms with Crippen LogP contribution in [0.15, 0.2) is 24.3 Å². The van der Waals surface area contributed by atoms with Crippen molar-refractivity contribution in [2.45, 2.75) is 52.5 Å². The van der Waals surface area contributed by atoms with Crippen LogP contribution < -0.4 is 5.32 Å². The predicted octanol–water partition coefficient (Wildman–Crippen LogP) is 2.69. The third kappa shape index (κ3) is 3.47. The van der Waals surface area contributed by atoms with Crippen molar-refractivity contribution in [3.63, 3.8) is 0 Å². The Morgan fingerprint density at radius 3 is 2.54 bits per heavy atom. The lowest BCUT2D eigenvalue weighted by Gasteiger charge is -2.33. The van der Waals surface area contributed by atoms with E-state index in [0.29, 0.717) is 12.5 Å². The van der Waals surface area contributed by atoms with Crippen molar-refractivity contribution >= 4 is 11.8 Å². The van der Waals surface area contributed by atoms with Gasteiger partial charge in [0.05, 0.1) is 6.42 Å². The molecule has 1 aliphatic carbocycles. The van der Waals surface area contributed by atoms with E-state index in [1.165, 1.54) is 5.56 Å². The number of hydrogen-bond donors (Lipinski definition) is 1. The minimum absolute atomic E-state index is 0.0402. The fourth-order valence-corrected chi connectivity index (χ4v) is 3.73. The quantitative estimate of drug-likeness (QED) is 0.924. The summed E-state index contributed by atoms with van der Waals surface area (Å²) in [5.41, 5.74) is 2.55. The van der Waals surface area contributed by atoms with Gasteiger partial charge in [0, 0.05) is 25.0 Å². The highest BCUT2D eigenvalue weighted by molar-refractivity contribution is 5.80. The van der Waals surface area contributed by atoms with Gasteiger partial charge >= 0.3 is 0 Å². The van der Waals surface area contributed by atoms with E-state index >= 15 is 0 Å². The Bertz CT molecular complexity index is 630. The molecule has 2 fully saturated rings. The molecule has 1 N–H and O–H groups in total. The largest absolute Gasteiger partial charge is 0.353 e. The molecule has 1 saturated heterocycles. The topological polar surface area (TPSA) is 49.4 Å². The first-order valence-electron chi connectivity index (χ1n) is 9.04. The van der Waals surface area contributed by atoms with E-state index in [-0.39, 0.29) is 23.1 Å². The third-order valence-electron chi connectivity index (χ3n) is 5.75. The van der Waals surface area contributed by atoms with Crippen molar-refractivity contribution in [2.24, 2.45) is 11.3 Å². The van der Waals surface area contributed by atoms with Gasteiger partial charge in [0.2, 0.25) is 11.8 Å². The molecule has 1 atom stereocenters. The van der Waals surface area contributed by atoms with Gasteiger partial charge in [-0.3, -0.25) is 9.59 Å². The molecular weight excluding hydrogens is 300 g/mol. The number of carbonyl (C=O) groups excluding carboxylic acids is 2. The second kappa shape index (κ2) is 6.58. The second-order valence-electron chi connectivity index (χ2n) is 7.77. The molecule has 24 heavy (non-hydrogen) atoms. The van der Waals surface area contributed by atoms with E-state index in [4.69, 9.17) is 0 Å². The number of likely N-dealkylation sites (tertiary alicyclic amines) is 1. The number of piperidine rings is 1. The molecule has 1 spiro atoms. The number of hydrogen-bond acceptors (Lipinski definition) is 2. The Morgan fingerprint density at radius 1 is 1.25 bits per heavy atom. The molecule has 1 unspecified atom stereocenters. The first-order chi connectivity index (χ1) is 11.4. The van der Waals surface area contributed by atoms with Gasteiger partial charge in [-0.1, -0.05) is 38.1 Å². The van der Waals surface area contributed by atoms with Crippen molar-refractivity contribution in [1.82, 2.24) is 10.2 Å². The Morgan fingerprint density at radius 2 is 1.92 bits per heavy atom. The number of amides is 2. The summed E-state index contributed by atoms with van der Waals surface area (Å²) in [7, 11) is 0. The maximum absolute atomic E-state index is 12.6. The van der Waals surface area contributed by atoms with Gasteiger partial charge in [0.25, 0.3) is 0 Å². The molecule has 0 aromatic heterocycles. The SMILES string of the molecule is Cc1ccccc1CC(=O)N1CCC2(CC1)CC2NC(=O)C(C)C. The number of benzene rings is 1. The Hall–Kier alpha value is -1.84. The summed E-state index contributed by atoms with van der Waals surface area (Å²) in [5, 5.41) is 3.16. The number of aryl methyl sites for hydroxylation is 1. The van der Waals surface area contributed by atoms with Gasteiger partial charge in [-0.25, -0.2) is 0 Å². The van der Waals surface area contributed by atoms with Crippen LogP contribution in [0.3, 0.4) is 0 Å². The monoisotopic (exact) mass is 328 g/mol. The van der Waals surface area contributed by atoms with Crippen LogP contribution in [0.1, 0.15) is 44.2 Å². The highest BCUT2D eigenvalue weighted by Crippen LogP contribution is 2.54. The van der Waals surface area contributed by atoms with Crippen LogP contribution in [-0.2, 0) is 16.0 Å². The normalized spacial score (nSPS) is 21.8. The lowest BCUT2D eigenvalue weighted by atomic mass is 9.92. The molecule has 1 aromatic carbocycles. The van der Waals surface area contributed by atoms with Gasteiger partial charge in [-0.2, -0.15) is 0 Å². The van der Waals surface area contributed by atoms with Gasteiger partial charge in [0.15, 0.2) is 0 Å². The molecule has 130 valence electrons. The van der Waals surface area contributed by atoms with E-state index in [9.17, 15) is 9.59 Å². The van der Waals surface area contributed by atoms with Gasteiger partial charge in [-0.05, 0) is 42.7 Å². The Labute approximate surface area is 144 Å². The molecule has 0 bridgehead atoms. The van der Waals surface area contributed by atoms with Crippen LogP contribution in [0.25, 0.3) is 0 Å². The number of carbonyl (C=O) groups is 2. The van der Waals surface area contributed by atoms with Crippen LogP contribution in [0.2, 0.25) is 0 Å². The van der Waals surface area contributed by atoms with E-state index in [2.05, 4.69) is 18.3 Å². The zero-order valence-electron chi connectivity index (χ0n) is 15.0. The maximum atomic E-state index is 12.6. The van der Waals surface area contributed by atoms with Gasteiger partial charge in [-0.15, -0.1) is 0 Å². The predicted molar refractivity (Wildman–Crippen MR) is 94.5 cm³/mol. The molecule has 1 aliphatic heterocycles. The lowest BCUT2D eigenvalue weighted by Crippen LogP contribution is -2.42. The minimum atomic E-state index is 0.0402. The van der Waals surface area contributed by atoms with Gasteiger partial charge < -0.3 is 10.2 Å². The molecule has 2 aliphatic rings. The average Bonchev–Trinajstić information content (AvgIpc) is 3.21. The molecule has 1 aromatic rings. The molecular formula is C20H28N2O2. The molecule has 4 nitrogen and oxygen atoms in total. The fourth-order valence-electron chi connectivity index (χ4n) is 3.73. The van der Waals surface area contributed by atoms with Crippen molar-refractivity contribution in [2.75, 3.05) is 13.1 Å². The summed E-state index contributed by atoms with van der Waals surface area (Å²) in [4.78, 5) is 26.4. The fraction of sp³-hybridized carbons (Fsp3) is 0.600. The average molecular weight is 328 g/mol. The lowest BCUT2D eigenvalue weighted by molar-refractivity contribution is -0.132. The van der Waals surface area contributed by atoms with Crippen LogP contribution in [-0.4, -0.2) is 35.8 Å². The summed E-state index contributed by atoms with van der Waals surface area (Å²) in [6, 6.07) is 8.41. The molecule has 1 heterocycles. The van der Waals surface area contributed by atoms with E-state index in [0.717, 1.165) is 37.9 Å². The molecule has 4 heteroatoms. The van der Waals surface area contributed by atoms with Crippen LogP contribution in [0, 0.1) is 18.3 Å². The molecule has 1 saturated carbocycles.